The number of carbonyl (C=O) groups excluding carboxylic acids is 1. The highest BCUT2D eigenvalue weighted by molar-refractivity contribution is 8.14. The van der Waals surface area contributed by atoms with Gasteiger partial charge in [-0.3, -0.25) is 4.79 Å². The first-order valence-corrected chi connectivity index (χ1v) is 13.3. The monoisotopic (exact) mass is 483 g/mol. The number of hydrogen-bond donors (Lipinski definition) is 1. The molecule has 2 atom stereocenters. The molecule has 2 fully saturated rings. The predicted molar refractivity (Wildman–Crippen MR) is 144 cm³/mol. The van der Waals surface area contributed by atoms with Crippen molar-refractivity contribution in [2.75, 3.05) is 19.6 Å². The Balaban J connectivity index is 1.44. The second-order valence-electron chi connectivity index (χ2n) is 9.44. The number of likely N-dealkylation sites (tertiary alicyclic amines) is 1. The molecule has 2 aliphatic heterocycles. The molecule has 35 heavy (non-hydrogen) atoms. The summed E-state index contributed by atoms with van der Waals surface area (Å²) in [6.07, 6.45) is 2.42. The second kappa shape index (κ2) is 9.17. The molecule has 1 saturated heterocycles. The summed E-state index contributed by atoms with van der Waals surface area (Å²) in [5, 5.41) is 12.9. The number of amidine groups is 1. The van der Waals surface area contributed by atoms with Gasteiger partial charge in [-0.1, -0.05) is 66.4 Å². The fourth-order valence-corrected chi connectivity index (χ4v) is 6.33. The molecule has 1 saturated carbocycles. The van der Waals surface area contributed by atoms with E-state index in [4.69, 9.17) is 4.99 Å². The summed E-state index contributed by atoms with van der Waals surface area (Å²) < 4.78 is 0. The van der Waals surface area contributed by atoms with Crippen LogP contribution in [0.1, 0.15) is 42.6 Å². The first-order chi connectivity index (χ1) is 17.1. The molecule has 2 unspecified atom stereocenters. The molecular formula is C29H29N3O2S. The molecule has 1 amide bonds. The fraction of sp³-hybridized carbons (Fsp3) is 0.310. The zero-order chi connectivity index (χ0) is 23.9. The van der Waals surface area contributed by atoms with Crippen molar-refractivity contribution >= 4 is 45.0 Å². The van der Waals surface area contributed by atoms with Crippen LogP contribution in [0.25, 0.3) is 16.5 Å². The van der Waals surface area contributed by atoms with Gasteiger partial charge in [0, 0.05) is 25.2 Å². The minimum Gasteiger partial charge on any atom is -0.391 e. The third-order valence-electron chi connectivity index (χ3n) is 7.01. The van der Waals surface area contributed by atoms with E-state index in [0.717, 1.165) is 35.8 Å². The number of aliphatic hydroxyl groups excluding tert-OH is 1. The van der Waals surface area contributed by atoms with Gasteiger partial charge < -0.3 is 14.9 Å². The van der Waals surface area contributed by atoms with Crippen LogP contribution in [0.4, 0.5) is 5.69 Å². The molecule has 178 valence electrons. The van der Waals surface area contributed by atoms with Crippen molar-refractivity contribution in [3.8, 4) is 0 Å². The number of allylic oxidation sites excluding steroid dienone is 1. The predicted octanol–water partition coefficient (Wildman–Crippen LogP) is 5.74. The van der Waals surface area contributed by atoms with E-state index in [0.29, 0.717) is 19.5 Å². The summed E-state index contributed by atoms with van der Waals surface area (Å²) in [6.45, 7) is 3.94. The molecule has 1 N–H and O–H groups in total. The Bertz CT molecular complexity index is 1340. The minimum atomic E-state index is -0.439. The molecule has 2 heterocycles. The Kier molecular flexibility index (Phi) is 5.86. The van der Waals surface area contributed by atoms with Crippen molar-refractivity contribution in [3.05, 3.63) is 83.4 Å². The highest BCUT2D eigenvalue weighted by Crippen LogP contribution is 2.48. The van der Waals surface area contributed by atoms with Gasteiger partial charge in [-0.2, -0.15) is 0 Å². The number of hydrogen-bond acceptors (Lipinski definition) is 5. The number of carbonyl (C=O) groups is 1. The molecule has 0 bridgehead atoms. The van der Waals surface area contributed by atoms with Crippen molar-refractivity contribution in [1.82, 2.24) is 9.80 Å². The van der Waals surface area contributed by atoms with Crippen molar-refractivity contribution in [1.29, 1.82) is 0 Å². The lowest BCUT2D eigenvalue weighted by molar-refractivity contribution is -0.130. The highest BCUT2D eigenvalue weighted by atomic mass is 32.2. The summed E-state index contributed by atoms with van der Waals surface area (Å²) in [5.41, 5.74) is 5.85. The molecule has 1 aliphatic carbocycles. The first kappa shape index (κ1) is 22.4. The van der Waals surface area contributed by atoms with Crippen LogP contribution in [-0.2, 0) is 4.79 Å². The van der Waals surface area contributed by atoms with E-state index in [1.165, 1.54) is 39.4 Å². The van der Waals surface area contributed by atoms with Crippen LogP contribution in [0, 0.1) is 0 Å². The van der Waals surface area contributed by atoms with Crippen molar-refractivity contribution in [2.45, 2.75) is 37.5 Å². The zero-order valence-corrected chi connectivity index (χ0v) is 20.7. The fourth-order valence-electron chi connectivity index (χ4n) is 5.08. The van der Waals surface area contributed by atoms with Crippen LogP contribution >= 0.6 is 11.8 Å². The average Bonchev–Trinajstić information content (AvgIpc) is 3.64. The van der Waals surface area contributed by atoms with E-state index in [2.05, 4.69) is 48.2 Å². The summed E-state index contributed by atoms with van der Waals surface area (Å²) in [5.74, 6) is 0.0430. The Morgan fingerprint density at radius 3 is 2.46 bits per heavy atom. The molecule has 3 aromatic rings. The summed E-state index contributed by atoms with van der Waals surface area (Å²) in [4.78, 5) is 23.0. The lowest BCUT2D eigenvalue weighted by Crippen LogP contribution is -2.36. The van der Waals surface area contributed by atoms with E-state index < -0.39 is 11.4 Å². The molecule has 6 rings (SSSR count). The van der Waals surface area contributed by atoms with E-state index >= 15 is 0 Å². The van der Waals surface area contributed by atoms with E-state index in [1.807, 2.05) is 30.3 Å². The Hall–Kier alpha value is -3.09. The number of thioether (sulfide) groups is 1. The first-order valence-electron chi connectivity index (χ1n) is 12.4. The Morgan fingerprint density at radius 2 is 1.80 bits per heavy atom. The van der Waals surface area contributed by atoms with Gasteiger partial charge >= 0.3 is 0 Å². The van der Waals surface area contributed by atoms with Crippen LogP contribution in [0.3, 0.4) is 0 Å². The largest absolute Gasteiger partial charge is 0.391 e. The number of rotatable bonds is 4. The quantitative estimate of drug-likeness (QED) is 0.515. The van der Waals surface area contributed by atoms with Crippen LogP contribution < -0.4 is 0 Å². The van der Waals surface area contributed by atoms with Gasteiger partial charge in [0.1, 0.15) is 5.25 Å². The van der Waals surface area contributed by atoms with E-state index in [9.17, 15) is 9.90 Å². The minimum absolute atomic E-state index is 0.0430. The maximum absolute atomic E-state index is 13.7. The number of nitrogens with zero attached hydrogens (tertiary/aromatic N) is 3. The van der Waals surface area contributed by atoms with Crippen LogP contribution in [0.15, 0.2) is 77.3 Å². The third kappa shape index (κ3) is 4.26. The average molecular weight is 484 g/mol. The van der Waals surface area contributed by atoms with Gasteiger partial charge in [0.25, 0.3) is 0 Å². The lowest BCUT2D eigenvalue weighted by Gasteiger charge is -2.34. The van der Waals surface area contributed by atoms with Crippen molar-refractivity contribution in [3.63, 3.8) is 0 Å². The molecule has 0 aromatic heterocycles. The maximum Gasteiger partial charge on any atom is 0.240 e. The van der Waals surface area contributed by atoms with Gasteiger partial charge in [-0.25, -0.2) is 4.99 Å². The van der Waals surface area contributed by atoms with Crippen molar-refractivity contribution < 1.29 is 9.90 Å². The van der Waals surface area contributed by atoms with Gasteiger partial charge in [0.15, 0.2) is 5.17 Å². The molecule has 0 spiro atoms. The number of amides is 1. The molecule has 5 nitrogen and oxygen atoms in total. The topological polar surface area (TPSA) is 56.1 Å². The van der Waals surface area contributed by atoms with Gasteiger partial charge in [0.05, 0.1) is 17.5 Å². The van der Waals surface area contributed by atoms with Gasteiger partial charge in [0.2, 0.25) is 5.91 Å². The zero-order valence-electron chi connectivity index (χ0n) is 19.9. The van der Waals surface area contributed by atoms with Crippen molar-refractivity contribution in [2.24, 2.45) is 4.99 Å². The number of aliphatic hydroxyl groups is 1. The molecule has 3 aromatic carbocycles. The molecule has 3 aliphatic rings. The highest BCUT2D eigenvalue weighted by Gasteiger charge is 2.36. The SMILES string of the molecule is CCN1C(SC(C(=O)N2CCC(O)C2)c2ccccc2)=Nc2cc3ccccc3cc2C1=C1CC1. The second-order valence-corrected chi connectivity index (χ2v) is 10.5. The summed E-state index contributed by atoms with van der Waals surface area (Å²) >= 11 is 1.53. The molecular weight excluding hydrogens is 454 g/mol. The van der Waals surface area contributed by atoms with Crippen LogP contribution in [0.5, 0.6) is 0 Å². The molecule has 0 radical (unpaired) electrons. The van der Waals surface area contributed by atoms with E-state index in [-0.39, 0.29) is 5.91 Å². The molecule has 6 heteroatoms. The standard InChI is InChI=1S/C29H29N3O2S/c1-2-32-26(19-12-13-19)24-16-21-10-6-7-11-22(21)17-25(24)30-29(32)35-27(20-8-4-3-5-9-20)28(34)31-15-14-23(33)18-31/h3-11,16-17,23,27,33H,2,12-15,18H2,1H3. The van der Waals surface area contributed by atoms with E-state index in [1.54, 1.807) is 4.90 Å². The number of aliphatic imine (C=N–C) groups is 1. The van der Waals surface area contributed by atoms with Crippen LogP contribution in [-0.4, -0.2) is 51.7 Å². The summed E-state index contributed by atoms with van der Waals surface area (Å²) in [6, 6.07) is 22.8. The smallest absolute Gasteiger partial charge is 0.240 e. The van der Waals surface area contributed by atoms with Gasteiger partial charge in [-0.15, -0.1) is 0 Å². The third-order valence-corrected chi connectivity index (χ3v) is 8.24. The maximum atomic E-state index is 13.7. The Labute approximate surface area is 210 Å². The summed E-state index contributed by atoms with van der Waals surface area (Å²) in [7, 11) is 0. The number of β-amino-alcohol motifs (C(OH)–C–C–N with tert-alkyl or cyclic N) is 1. The number of benzene rings is 3. The normalized spacial score (nSPS) is 20.2. The van der Waals surface area contributed by atoms with Gasteiger partial charge in [-0.05, 0) is 60.2 Å². The van der Waals surface area contributed by atoms with Crippen LogP contribution in [0.2, 0.25) is 0 Å². The lowest BCUT2D eigenvalue weighted by atomic mass is 10.0. The number of fused-ring (bicyclic) bond motifs is 2. The Morgan fingerprint density at radius 1 is 1.09 bits per heavy atom.